The van der Waals surface area contributed by atoms with Crippen LogP contribution in [-0.2, 0) is 6.42 Å². The first-order chi connectivity index (χ1) is 7.06. The molecule has 1 rings (SSSR count). The Morgan fingerprint density at radius 1 is 1.60 bits per heavy atom. The lowest BCUT2D eigenvalue weighted by Gasteiger charge is -2.08. The van der Waals surface area contributed by atoms with E-state index in [0.29, 0.717) is 0 Å². The smallest absolute Gasteiger partial charge is 0.275 e. The molecule has 0 aromatic heterocycles. The van der Waals surface area contributed by atoms with E-state index in [1.54, 1.807) is 0 Å². The molecule has 0 spiro atoms. The van der Waals surface area contributed by atoms with E-state index in [4.69, 9.17) is 10.8 Å². The van der Waals surface area contributed by atoms with Crippen molar-refractivity contribution in [1.82, 2.24) is 0 Å². The maximum atomic E-state index is 13.3. The number of aliphatic hydroxyl groups is 1. The van der Waals surface area contributed by atoms with E-state index in [0.717, 1.165) is 6.07 Å². The molecule has 5 nitrogen and oxygen atoms in total. The molecule has 0 saturated carbocycles. The number of hydrogen-bond acceptors (Lipinski definition) is 4. The lowest BCUT2D eigenvalue weighted by atomic mass is 10.0. The molecular weight excluding hydrogens is 203 g/mol. The zero-order chi connectivity index (χ0) is 11.4. The van der Waals surface area contributed by atoms with Crippen LogP contribution in [0.4, 0.5) is 10.1 Å². The minimum absolute atomic E-state index is 0.0561. The summed E-state index contributed by atoms with van der Waals surface area (Å²) in [5.41, 5.74) is 5.03. The van der Waals surface area contributed by atoms with Crippen molar-refractivity contribution >= 4 is 5.69 Å². The average Bonchev–Trinajstić information content (AvgIpc) is 2.20. The third-order valence-electron chi connectivity index (χ3n) is 1.99. The summed E-state index contributed by atoms with van der Waals surface area (Å²) < 4.78 is 13.3. The Morgan fingerprint density at radius 3 is 2.80 bits per heavy atom. The standard InChI is InChI=1S/C9H11FN2O3/c10-8-2-1-3-9(12(14)15)7(8)4-6(11)5-13/h1-3,6,13H,4-5,11H2. The molecule has 0 heterocycles. The van der Waals surface area contributed by atoms with E-state index in [9.17, 15) is 14.5 Å². The van der Waals surface area contributed by atoms with Crippen LogP contribution in [0.5, 0.6) is 0 Å². The van der Waals surface area contributed by atoms with Crippen molar-refractivity contribution in [2.75, 3.05) is 6.61 Å². The van der Waals surface area contributed by atoms with Crippen molar-refractivity contribution in [1.29, 1.82) is 0 Å². The average molecular weight is 214 g/mol. The summed E-state index contributed by atoms with van der Waals surface area (Å²) in [4.78, 5) is 9.92. The highest BCUT2D eigenvalue weighted by atomic mass is 19.1. The predicted octanol–water partition coefficient (Wildman–Crippen LogP) is 0.596. The largest absolute Gasteiger partial charge is 0.395 e. The van der Waals surface area contributed by atoms with Crippen molar-refractivity contribution < 1.29 is 14.4 Å². The number of nitro benzene ring substituents is 1. The molecule has 6 heteroatoms. The Labute approximate surface area is 85.5 Å². The molecule has 15 heavy (non-hydrogen) atoms. The molecule has 82 valence electrons. The summed E-state index contributed by atoms with van der Waals surface area (Å²) in [5.74, 6) is -0.673. The van der Waals surface area contributed by atoms with Gasteiger partial charge in [-0.1, -0.05) is 6.07 Å². The number of nitrogens with zero attached hydrogens (tertiary/aromatic N) is 1. The van der Waals surface area contributed by atoms with Crippen molar-refractivity contribution in [3.05, 3.63) is 39.7 Å². The molecule has 1 unspecified atom stereocenters. The van der Waals surface area contributed by atoms with Gasteiger partial charge in [0.05, 0.1) is 17.1 Å². The van der Waals surface area contributed by atoms with Crippen molar-refractivity contribution in [3.8, 4) is 0 Å². The third-order valence-corrected chi connectivity index (χ3v) is 1.99. The molecular formula is C9H11FN2O3. The summed E-state index contributed by atoms with van der Waals surface area (Å²) in [6, 6.07) is 2.91. The van der Waals surface area contributed by atoms with Gasteiger partial charge in [-0.15, -0.1) is 0 Å². The van der Waals surface area contributed by atoms with E-state index < -0.39 is 16.8 Å². The van der Waals surface area contributed by atoms with Gasteiger partial charge in [0.15, 0.2) is 0 Å². The van der Waals surface area contributed by atoms with Crippen molar-refractivity contribution in [3.63, 3.8) is 0 Å². The molecule has 0 saturated heterocycles. The van der Waals surface area contributed by atoms with Crippen molar-refractivity contribution in [2.24, 2.45) is 5.73 Å². The van der Waals surface area contributed by atoms with Crippen LogP contribution in [0.25, 0.3) is 0 Å². The molecule has 0 aliphatic carbocycles. The second-order valence-corrected chi connectivity index (χ2v) is 3.14. The zero-order valence-corrected chi connectivity index (χ0v) is 7.89. The van der Waals surface area contributed by atoms with E-state index in [2.05, 4.69) is 0 Å². The number of nitrogens with two attached hydrogens (primary N) is 1. The van der Waals surface area contributed by atoms with Crippen LogP contribution >= 0.6 is 0 Å². The molecule has 1 aromatic carbocycles. The Morgan fingerprint density at radius 2 is 2.27 bits per heavy atom. The number of benzene rings is 1. The monoisotopic (exact) mass is 214 g/mol. The lowest BCUT2D eigenvalue weighted by Crippen LogP contribution is -2.27. The molecule has 0 aliphatic heterocycles. The normalized spacial score (nSPS) is 12.5. The molecule has 3 N–H and O–H groups in total. The Hall–Kier alpha value is -1.53. The molecule has 1 aromatic rings. The van der Waals surface area contributed by atoms with Crippen molar-refractivity contribution in [2.45, 2.75) is 12.5 Å². The second kappa shape index (κ2) is 4.81. The van der Waals surface area contributed by atoms with Crippen LogP contribution in [0.2, 0.25) is 0 Å². The summed E-state index contributed by atoms with van der Waals surface area (Å²) in [7, 11) is 0. The molecule has 0 aliphatic rings. The molecule has 0 bridgehead atoms. The minimum Gasteiger partial charge on any atom is -0.395 e. The highest BCUT2D eigenvalue weighted by Crippen LogP contribution is 2.22. The van der Waals surface area contributed by atoms with Crippen LogP contribution < -0.4 is 5.73 Å². The maximum Gasteiger partial charge on any atom is 0.275 e. The van der Waals surface area contributed by atoms with Gasteiger partial charge >= 0.3 is 0 Å². The number of aliphatic hydroxyl groups excluding tert-OH is 1. The first-order valence-corrected chi connectivity index (χ1v) is 4.34. The highest BCUT2D eigenvalue weighted by molar-refractivity contribution is 5.41. The second-order valence-electron chi connectivity index (χ2n) is 3.14. The lowest BCUT2D eigenvalue weighted by molar-refractivity contribution is -0.385. The van der Waals surface area contributed by atoms with E-state index in [1.165, 1.54) is 12.1 Å². The van der Waals surface area contributed by atoms with Gasteiger partial charge in [-0.3, -0.25) is 10.1 Å². The van der Waals surface area contributed by atoms with Gasteiger partial charge in [0, 0.05) is 12.1 Å². The van der Waals surface area contributed by atoms with Gasteiger partial charge in [-0.25, -0.2) is 4.39 Å². The zero-order valence-electron chi connectivity index (χ0n) is 7.89. The van der Waals surface area contributed by atoms with Gasteiger partial charge in [-0.2, -0.15) is 0 Å². The van der Waals surface area contributed by atoms with Gasteiger partial charge in [0.25, 0.3) is 5.69 Å². The minimum atomic E-state index is -0.694. The molecule has 0 radical (unpaired) electrons. The number of nitro groups is 1. The predicted molar refractivity (Wildman–Crippen MR) is 51.8 cm³/mol. The van der Waals surface area contributed by atoms with E-state index in [-0.39, 0.29) is 24.3 Å². The first kappa shape index (κ1) is 11.5. The van der Waals surface area contributed by atoms with Crippen LogP contribution in [0.3, 0.4) is 0 Å². The van der Waals surface area contributed by atoms with Crippen LogP contribution in [0.15, 0.2) is 18.2 Å². The fourth-order valence-electron chi connectivity index (χ4n) is 1.25. The van der Waals surface area contributed by atoms with Crippen LogP contribution in [0.1, 0.15) is 5.56 Å². The Balaban J connectivity index is 3.07. The van der Waals surface area contributed by atoms with Crippen LogP contribution in [0, 0.1) is 15.9 Å². The van der Waals surface area contributed by atoms with E-state index >= 15 is 0 Å². The topological polar surface area (TPSA) is 89.4 Å². The Kier molecular flexibility index (Phi) is 3.70. The number of halogens is 1. The molecule has 0 amide bonds. The third kappa shape index (κ3) is 2.71. The SMILES string of the molecule is NC(CO)Cc1c(F)cccc1[N+](=O)[O-]. The van der Waals surface area contributed by atoms with Crippen LogP contribution in [-0.4, -0.2) is 22.7 Å². The first-order valence-electron chi connectivity index (χ1n) is 4.34. The fraction of sp³-hybridized carbons (Fsp3) is 0.333. The maximum absolute atomic E-state index is 13.3. The summed E-state index contributed by atoms with van der Waals surface area (Å²) in [5, 5.41) is 19.3. The summed E-state index contributed by atoms with van der Waals surface area (Å²) in [6.45, 7) is -0.342. The molecule has 0 fully saturated rings. The quantitative estimate of drug-likeness (QED) is 0.567. The van der Waals surface area contributed by atoms with Gasteiger partial charge in [0.1, 0.15) is 5.82 Å². The van der Waals surface area contributed by atoms with Gasteiger partial charge < -0.3 is 10.8 Å². The van der Waals surface area contributed by atoms with Gasteiger partial charge in [0.2, 0.25) is 0 Å². The highest BCUT2D eigenvalue weighted by Gasteiger charge is 2.19. The summed E-state index contributed by atoms with van der Waals surface area (Å²) >= 11 is 0. The Bertz CT molecular complexity index is 370. The molecule has 1 atom stereocenters. The van der Waals surface area contributed by atoms with E-state index in [1.807, 2.05) is 0 Å². The number of rotatable bonds is 4. The van der Waals surface area contributed by atoms with Gasteiger partial charge in [-0.05, 0) is 12.5 Å². The fourth-order valence-corrected chi connectivity index (χ4v) is 1.25. The summed E-state index contributed by atoms with van der Waals surface area (Å²) in [6.07, 6.45) is -0.0561. The number of hydrogen-bond donors (Lipinski definition) is 2.